The van der Waals surface area contributed by atoms with Gasteiger partial charge >= 0.3 is 0 Å². The van der Waals surface area contributed by atoms with Gasteiger partial charge in [0.15, 0.2) is 0 Å². The Hall–Kier alpha value is -1.19. The smallest absolute Gasteiger partial charge is 0.0398 e. The van der Waals surface area contributed by atoms with Crippen LogP contribution in [-0.2, 0) is 6.42 Å². The van der Waals surface area contributed by atoms with Crippen molar-refractivity contribution in [2.75, 3.05) is 13.1 Å². The molecule has 0 aliphatic rings. The number of rotatable bonds is 10. The second-order valence-corrected chi connectivity index (χ2v) is 4.95. The van der Waals surface area contributed by atoms with Gasteiger partial charge in [0.25, 0.3) is 0 Å². The number of aliphatic imine (C=N–C) groups is 1. The van der Waals surface area contributed by atoms with E-state index in [-0.39, 0.29) is 6.04 Å². The Kier molecular flexibility index (Phi) is 8.94. The summed E-state index contributed by atoms with van der Waals surface area (Å²) in [5.41, 5.74) is 12.8. The minimum Gasteiger partial charge on any atom is -0.330 e. The van der Waals surface area contributed by atoms with E-state index in [1.54, 1.807) is 0 Å². The molecule has 1 atom stereocenters. The minimum absolute atomic E-state index is 0.0734. The summed E-state index contributed by atoms with van der Waals surface area (Å²) < 4.78 is 0. The molecule has 19 heavy (non-hydrogen) atoms. The zero-order chi connectivity index (χ0) is 13.8. The van der Waals surface area contributed by atoms with Crippen molar-refractivity contribution in [1.29, 1.82) is 0 Å². The van der Waals surface area contributed by atoms with Crippen LogP contribution in [-0.4, -0.2) is 25.3 Å². The number of unbranched alkanes of at least 4 members (excludes halogenated alkanes) is 3. The number of aryl methyl sites for hydroxylation is 1. The van der Waals surface area contributed by atoms with Gasteiger partial charge in [-0.05, 0) is 37.8 Å². The first-order valence-corrected chi connectivity index (χ1v) is 7.32. The average Bonchev–Trinajstić information content (AvgIpc) is 2.45. The van der Waals surface area contributed by atoms with Gasteiger partial charge < -0.3 is 11.5 Å². The van der Waals surface area contributed by atoms with E-state index in [9.17, 15) is 0 Å². The van der Waals surface area contributed by atoms with Crippen LogP contribution in [0.1, 0.15) is 37.7 Å². The highest BCUT2D eigenvalue weighted by Crippen LogP contribution is 2.03. The lowest BCUT2D eigenvalue weighted by atomic mass is 10.1. The van der Waals surface area contributed by atoms with E-state index >= 15 is 0 Å². The average molecular weight is 261 g/mol. The van der Waals surface area contributed by atoms with Gasteiger partial charge in [0.2, 0.25) is 0 Å². The molecule has 106 valence electrons. The van der Waals surface area contributed by atoms with Gasteiger partial charge in [-0.15, -0.1) is 0 Å². The highest BCUT2D eigenvalue weighted by atomic mass is 14.7. The predicted octanol–water partition coefficient (Wildman–Crippen LogP) is 2.54. The van der Waals surface area contributed by atoms with Crippen LogP contribution in [0.3, 0.4) is 0 Å². The Morgan fingerprint density at radius 3 is 2.53 bits per heavy atom. The highest BCUT2D eigenvalue weighted by molar-refractivity contribution is 5.63. The maximum absolute atomic E-state index is 6.02. The summed E-state index contributed by atoms with van der Waals surface area (Å²) in [5, 5.41) is 0. The third kappa shape index (κ3) is 8.51. The molecule has 0 spiro atoms. The van der Waals surface area contributed by atoms with Gasteiger partial charge in [0.05, 0.1) is 0 Å². The van der Waals surface area contributed by atoms with Crippen molar-refractivity contribution in [2.24, 2.45) is 16.5 Å². The van der Waals surface area contributed by atoms with Crippen LogP contribution in [0.15, 0.2) is 35.3 Å². The van der Waals surface area contributed by atoms with Gasteiger partial charge in [-0.25, -0.2) is 0 Å². The molecule has 0 aliphatic heterocycles. The molecule has 1 rings (SSSR count). The van der Waals surface area contributed by atoms with E-state index < -0.39 is 0 Å². The fraction of sp³-hybridized carbons (Fsp3) is 0.562. The van der Waals surface area contributed by atoms with Crippen LogP contribution in [0, 0.1) is 0 Å². The molecular formula is C16H27N3. The minimum atomic E-state index is 0.0734. The molecule has 0 aliphatic carbocycles. The van der Waals surface area contributed by atoms with Crippen molar-refractivity contribution in [3.05, 3.63) is 35.9 Å². The number of hydrogen-bond donors (Lipinski definition) is 2. The number of nitrogens with two attached hydrogens (primary N) is 2. The quantitative estimate of drug-likeness (QED) is 0.502. The van der Waals surface area contributed by atoms with E-state index in [0.717, 1.165) is 38.8 Å². The van der Waals surface area contributed by atoms with E-state index in [0.29, 0.717) is 0 Å². The molecule has 1 aromatic carbocycles. The first-order valence-electron chi connectivity index (χ1n) is 7.32. The maximum atomic E-state index is 6.02. The Bertz CT molecular complexity index is 335. The number of nitrogens with zero attached hydrogens (tertiary/aromatic N) is 1. The van der Waals surface area contributed by atoms with Gasteiger partial charge in [-0.3, -0.25) is 4.99 Å². The van der Waals surface area contributed by atoms with Gasteiger partial charge in [0.1, 0.15) is 0 Å². The third-order valence-corrected chi connectivity index (χ3v) is 3.15. The van der Waals surface area contributed by atoms with Crippen LogP contribution in [0.4, 0.5) is 0 Å². The topological polar surface area (TPSA) is 64.4 Å². The first-order chi connectivity index (χ1) is 9.33. The molecule has 0 fully saturated rings. The second-order valence-electron chi connectivity index (χ2n) is 4.95. The summed E-state index contributed by atoms with van der Waals surface area (Å²) in [7, 11) is 0. The van der Waals surface area contributed by atoms with Crippen LogP contribution < -0.4 is 11.5 Å². The van der Waals surface area contributed by atoms with Crippen molar-refractivity contribution in [1.82, 2.24) is 0 Å². The molecule has 0 aromatic heterocycles. The zero-order valence-electron chi connectivity index (χ0n) is 11.8. The van der Waals surface area contributed by atoms with Crippen LogP contribution >= 0.6 is 0 Å². The standard InChI is InChI=1S/C16H27N3/c17-12-6-1-2-7-13-19-14-16(18)11-10-15-8-4-3-5-9-15/h3-5,8-9,14,16H,1-2,6-7,10-13,17-18H2. The molecule has 0 amide bonds. The van der Waals surface area contributed by atoms with Crippen molar-refractivity contribution >= 4 is 6.21 Å². The van der Waals surface area contributed by atoms with Gasteiger partial charge in [0, 0.05) is 18.8 Å². The molecule has 1 unspecified atom stereocenters. The van der Waals surface area contributed by atoms with Crippen LogP contribution in [0.5, 0.6) is 0 Å². The largest absolute Gasteiger partial charge is 0.330 e. The van der Waals surface area contributed by atoms with Crippen molar-refractivity contribution in [2.45, 2.75) is 44.6 Å². The fourth-order valence-corrected chi connectivity index (χ4v) is 1.96. The lowest BCUT2D eigenvalue weighted by Crippen LogP contribution is -2.22. The molecular weight excluding hydrogens is 234 g/mol. The summed E-state index contributed by atoms with van der Waals surface area (Å²) in [6.07, 6.45) is 8.58. The Labute approximate surface area is 117 Å². The summed E-state index contributed by atoms with van der Waals surface area (Å²) >= 11 is 0. The molecule has 3 nitrogen and oxygen atoms in total. The highest BCUT2D eigenvalue weighted by Gasteiger charge is 1.99. The van der Waals surface area contributed by atoms with Gasteiger partial charge in [-0.1, -0.05) is 43.2 Å². The van der Waals surface area contributed by atoms with E-state index in [2.05, 4.69) is 29.3 Å². The molecule has 0 saturated carbocycles. The molecule has 0 saturated heterocycles. The number of hydrogen-bond acceptors (Lipinski definition) is 3. The number of benzene rings is 1. The third-order valence-electron chi connectivity index (χ3n) is 3.15. The van der Waals surface area contributed by atoms with Crippen molar-refractivity contribution < 1.29 is 0 Å². The van der Waals surface area contributed by atoms with Crippen molar-refractivity contribution in [3.63, 3.8) is 0 Å². The summed E-state index contributed by atoms with van der Waals surface area (Å²) in [4.78, 5) is 4.40. The molecule has 0 radical (unpaired) electrons. The molecule has 0 heterocycles. The second kappa shape index (κ2) is 10.7. The van der Waals surface area contributed by atoms with E-state index in [1.165, 1.54) is 18.4 Å². The SMILES string of the molecule is NCCCCCCN=CC(N)CCc1ccccc1. The zero-order valence-corrected chi connectivity index (χ0v) is 11.8. The Balaban J connectivity index is 2.05. The maximum Gasteiger partial charge on any atom is 0.0398 e. The first kappa shape index (κ1) is 15.9. The van der Waals surface area contributed by atoms with Crippen LogP contribution in [0.2, 0.25) is 0 Å². The molecule has 4 N–H and O–H groups in total. The Morgan fingerprint density at radius 2 is 1.79 bits per heavy atom. The normalized spacial score (nSPS) is 12.9. The molecule has 1 aromatic rings. The summed E-state index contributed by atoms with van der Waals surface area (Å²) in [6.45, 7) is 1.69. The monoisotopic (exact) mass is 261 g/mol. The molecule has 3 heteroatoms. The fourth-order valence-electron chi connectivity index (χ4n) is 1.96. The molecule has 0 bridgehead atoms. The summed E-state index contributed by atoms with van der Waals surface area (Å²) in [6, 6.07) is 10.5. The lowest BCUT2D eigenvalue weighted by Gasteiger charge is -2.05. The lowest BCUT2D eigenvalue weighted by molar-refractivity contribution is 0.652. The predicted molar refractivity (Wildman–Crippen MR) is 83.6 cm³/mol. The Morgan fingerprint density at radius 1 is 1.05 bits per heavy atom. The van der Waals surface area contributed by atoms with Gasteiger partial charge in [-0.2, -0.15) is 0 Å². The van der Waals surface area contributed by atoms with E-state index in [1.807, 2.05) is 12.3 Å². The van der Waals surface area contributed by atoms with E-state index in [4.69, 9.17) is 11.5 Å². The van der Waals surface area contributed by atoms with Crippen molar-refractivity contribution in [3.8, 4) is 0 Å². The van der Waals surface area contributed by atoms with Crippen LogP contribution in [0.25, 0.3) is 0 Å². The summed E-state index contributed by atoms with van der Waals surface area (Å²) in [5.74, 6) is 0.